The summed E-state index contributed by atoms with van der Waals surface area (Å²) in [5.41, 5.74) is 0. The number of allylic oxidation sites excluding steroid dienone is 2. The summed E-state index contributed by atoms with van der Waals surface area (Å²) in [7, 11) is 0. The van der Waals surface area contributed by atoms with E-state index in [9.17, 15) is 4.79 Å². The number of carbonyl (C=O) groups excluding carboxylic acids is 1. The highest BCUT2D eigenvalue weighted by molar-refractivity contribution is 5.73. The zero-order chi connectivity index (χ0) is 8.97. The Morgan fingerprint density at radius 3 is 2.75 bits per heavy atom. The lowest BCUT2D eigenvalue weighted by molar-refractivity contribution is -0.149. The van der Waals surface area contributed by atoms with E-state index < -0.39 is 0 Å². The van der Waals surface area contributed by atoms with E-state index in [0.29, 0.717) is 12.5 Å². The number of carbonyl (C=O) groups is 1. The van der Waals surface area contributed by atoms with E-state index in [-0.39, 0.29) is 11.9 Å². The highest BCUT2D eigenvalue weighted by Gasteiger charge is 2.26. The first-order valence-electron chi connectivity index (χ1n) is 4.57. The van der Waals surface area contributed by atoms with Crippen molar-refractivity contribution in [3.63, 3.8) is 0 Å². The minimum atomic E-state index is -0.0330. The van der Waals surface area contributed by atoms with Crippen LogP contribution in [0.2, 0.25) is 0 Å². The molecular formula is C10H16O2. The number of hydrogen-bond donors (Lipinski definition) is 0. The van der Waals surface area contributed by atoms with Gasteiger partial charge in [0.05, 0.1) is 12.5 Å². The first-order chi connectivity index (χ1) is 5.75. The Morgan fingerprint density at radius 2 is 2.17 bits per heavy atom. The van der Waals surface area contributed by atoms with Gasteiger partial charge >= 0.3 is 5.97 Å². The summed E-state index contributed by atoms with van der Waals surface area (Å²) in [6.45, 7) is 4.44. The molecule has 0 radical (unpaired) electrons. The predicted octanol–water partition coefficient (Wildman–Crippen LogP) is 2.15. The van der Waals surface area contributed by atoms with E-state index >= 15 is 0 Å². The normalized spacial score (nSPS) is 28.5. The fourth-order valence-electron chi connectivity index (χ4n) is 1.53. The van der Waals surface area contributed by atoms with Crippen LogP contribution in [0.15, 0.2) is 12.2 Å². The maximum Gasteiger partial charge on any atom is 0.309 e. The van der Waals surface area contributed by atoms with Gasteiger partial charge < -0.3 is 4.74 Å². The van der Waals surface area contributed by atoms with E-state index in [0.717, 1.165) is 12.8 Å². The molecule has 0 N–H and O–H groups in total. The monoisotopic (exact) mass is 168 g/mol. The van der Waals surface area contributed by atoms with Gasteiger partial charge in [-0.3, -0.25) is 4.79 Å². The van der Waals surface area contributed by atoms with Crippen LogP contribution < -0.4 is 0 Å². The van der Waals surface area contributed by atoms with Crippen LogP contribution in [-0.4, -0.2) is 12.6 Å². The molecule has 1 aliphatic rings. The van der Waals surface area contributed by atoms with Crippen LogP contribution in [-0.2, 0) is 9.53 Å². The van der Waals surface area contributed by atoms with Crippen LogP contribution >= 0.6 is 0 Å². The van der Waals surface area contributed by atoms with Crippen LogP contribution in [0.25, 0.3) is 0 Å². The summed E-state index contributed by atoms with van der Waals surface area (Å²) in [6, 6.07) is 0. The number of esters is 1. The Balaban J connectivity index is 2.49. The SMILES string of the molecule is CCOC(=O)C1CC=CC[C@H]1C. The third-order valence-electron chi connectivity index (χ3n) is 2.34. The van der Waals surface area contributed by atoms with Gasteiger partial charge in [-0.15, -0.1) is 0 Å². The van der Waals surface area contributed by atoms with Crippen molar-refractivity contribution in [1.29, 1.82) is 0 Å². The van der Waals surface area contributed by atoms with Gasteiger partial charge in [0, 0.05) is 0 Å². The Bertz CT molecular complexity index is 184. The molecule has 12 heavy (non-hydrogen) atoms. The summed E-state index contributed by atoms with van der Waals surface area (Å²) >= 11 is 0. The molecule has 2 heteroatoms. The van der Waals surface area contributed by atoms with Crippen LogP contribution in [0, 0.1) is 11.8 Å². The predicted molar refractivity (Wildman–Crippen MR) is 47.7 cm³/mol. The minimum Gasteiger partial charge on any atom is -0.466 e. The van der Waals surface area contributed by atoms with Gasteiger partial charge in [0.15, 0.2) is 0 Å². The van der Waals surface area contributed by atoms with Gasteiger partial charge in [-0.2, -0.15) is 0 Å². The Hall–Kier alpha value is -0.790. The van der Waals surface area contributed by atoms with E-state index in [2.05, 4.69) is 19.1 Å². The Kier molecular flexibility index (Phi) is 3.32. The van der Waals surface area contributed by atoms with E-state index in [1.165, 1.54) is 0 Å². The number of hydrogen-bond acceptors (Lipinski definition) is 2. The molecule has 1 aliphatic carbocycles. The molecule has 1 unspecified atom stereocenters. The largest absolute Gasteiger partial charge is 0.466 e. The van der Waals surface area contributed by atoms with Crippen LogP contribution in [0.5, 0.6) is 0 Å². The van der Waals surface area contributed by atoms with Crippen molar-refractivity contribution in [1.82, 2.24) is 0 Å². The van der Waals surface area contributed by atoms with Crippen molar-refractivity contribution >= 4 is 5.97 Å². The second kappa shape index (κ2) is 4.29. The zero-order valence-electron chi connectivity index (χ0n) is 7.75. The molecular weight excluding hydrogens is 152 g/mol. The van der Waals surface area contributed by atoms with Crippen molar-refractivity contribution < 1.29 is 9.53 Å². The molecule has 0 aromatic carbocycles. The summed E-state index contributed by atoms with van der Waals surface area (Å²) in [5.74, 6) is 0.498. The van der Waals surface area contributed by atoms with Gasteiger partial charge in [-0.05, 0) is 25.7 Å². The van der Waals surface area contributed by atoms with Gasteiger partial charge in [0.25, 0.3) is 0 Å². The maximum absolute atomic E-state index is 11.4. The lowest BCUT2D eigenvalue weighted by Gasteiger charge is -2.22. The molecule has 0 bridgehead atoms. The molecule has 0 saturated carbocycles. The lowest BCUT2D eigenvalue weighted by atomic mass is 9.84. The third-order valence-corrected chi connectivity index (χ3v) is 2.34. The quantitative estimate of drug-likeness (QED) is 0.466. The van der Waals surface area contributed by atoms with Crippen molar-refractivity contribution in [2.24, 2.45) is 11.8 Å². The first-order valence-corrected chi connectivity index (χ1v) is 4.57. The van der Waals surface area contributed by atoms with E-state index in [4.69, 9.17) is 4.74 Å². The number of ether oxygens (including phenoxy) is 1. The minimum absolute atomic E-state index is 0.0330. The molecule has 0 heterocycles. The van der Waals surface area contributed by atoms with Gasteiger partial charge in [0.1, 0.15) is 0 Å². The highest BCUT2D eigenvalue weighted by Crippen LogP contribution is 2.25. The van der Waals surface area contributed by atoms with Gasteiger partial charge in [-0.25, -0.2) is 0 Å². The molecule has 2 nitrogen and oxygen atoms in total. The molecule has 0 saturated heterocycles. The molecule has 0 aromatic rings. The summed E-state index contributed by atoms with van der Waals surface area (Å²) in [5, 5.41) is 0. The van der Waals surface area contributed by atoms with Crippen molar-refractivity contribution in [2.45, 2.75) is 26.7 Å². The second-order valence-electron chi connectivity index (χ2n) is 3.28. The maximum atomic E-state index is 11.4. The molecule has 0 aliphatic heterocycles. The average molecular weight is 168 g/mol. The number of rotatable bonds is 2. The van der Waals surface area contributed by atoms with Crippen molar-refractivity contribution in [3.8, 4) is 0 Å². The smallest absolute Gasteiger partial charge is 0.309 e. The molecule has 0 fully saturated rings. The standard InChI is InChI=1S/C10H16O2/c1-3-12-10(11)9-7-5-4-6-8(9)2/h4-5,8-9H,3,6-7H2,1-2H3/t8-,9?/m1/s1. The Morgan fingerprint density at radius 1 is 1.50 bits per heavy atom. The van der Waals surface area contributed by atoms with Gasteiger partial charge in [0.2, 0.25) is 0 Å². The van der Waals surface area contributed by atoms with E-state index in [1.54, 1.807) is 0 Å². The molecule has 0 aromatic heterocycles. The summed E-state index contributed by atoms with van der Waals surface area (Å²) in [6.07, 6.45) is 6.06. The molecule has 1 rings (SSSR count). The fourth-order valence-corrected chi connectivity index (χ4v) is 1.53. The molecule has 0 amide bonds. The van der Waals surface area contributed by atoms with E-state index in [1.807, 2.05) is 6.92 Å². The molecule has 0 spiro atoms. The third kappa shape index (κ3) is 2.10. The summed E-state index contributed by atoms with van der Waals surface area (Å²) in [4.78, 5) is 11.4. The van der Waals surface area contributed by atoms with Crippen molar-refractivity contribution in [2.75, 3.05) is 6.61 Å². The van der Waals surface area contributed by atoms with Gasteiger partial charge in [-0.1, -0.05) is 19.1 Å². The zero-order valence-corrected chi connectivity index (χ0v) is 7.75. The van der Waals surface area contributed by atoms with Crippen LogP contribution in [0.1, 0.15) is 26.7 Å². The molecule has 2 atom stereocenters. The molecule has 68 valence electrons. The lowest BCUT2D eigenvalue weighted by Crippen LogP contribution is -2.25. The Labute approximate surface area is 73.6 Å². The summed E-state index contributed by atoms with van der Waals surface area (Å²) < 4.78 is 4.98. The first kappa shape index (κ1) is 9.30. The van der Waals surface area contributed by atoms with Crippen LogP contribution in [0.3, 0.4) is 0 Å². The van der Waals surface area contributed by atoms with Crippen LogP contribution in [0.4, 0.5) is 0 Å². The van der Waals surface area contributed by atoms with Crippen molar-refractivity contribution in [3.05, 3.63) is 12.2 Å². The highest BCUT2D eigenvalue weighted by atomic mass is 16.5. The topological polar surface area (TPSA) is 26.3 Å². The fraction of sp³-hybridized carbons (Fsp3) is 0.700. The second-order valence-corrected chi connectivity index (χ2v) is 3.28. The average Bonchev–Trinajstić information content (AvgIpc) is 2.05.